The van der Waals surface area contributed by atoms with Crippen LogP contribution in [0.15, 0.2) is 30.3 Å². The van der Waals surface area contributed by atoms with E-state index in [4.69, 9.17) is 5.73 Å². The average Bonchev–Trinajstić information content (AvgIpc) is 2.20. The number of rotatable bonds is 4. The summed E-state index contributed by atoms with van der Waals surface area (Å²) in [6, 6.07) is 6.75. The van der Waals surface area contributed by atoms with E-state index in [9.17, 15) is 8.78 Å². The van der Waals surface area contributed by atoms with E-state index in [-0.39, 0.29) is 5.57 Å². The minimum atomic E-state index is -1.62. The van der Waals surface area contributed by atoms with E-state index in [0.717, 1.165) is 12.8 Å². The van der Waals surface area contributed by atoms with E-state index in [0.29, 0.717) is 17.7 Å². The Morgan fingerprint density at radius 3 is 2.47 bits per heavy atom. The number of para-hydroxylation sites is 1. The Bertz CT molecular complexity index is 354. The second-order valence-corrected chi connectivity index (χ2v) is 3.43. The summed E-state index contributed by atoms with van der Waals surface area (Å²) < 4.78 is 25.4. The highest BCUT2D eigenvalue weighted by Crippen LogP contribution is 2.29. The molecule has 0 atom stereocenters. The number of nitrogens with two attached hydrogens (primary N) is 1. The van der Waals surface area contributed by atoms with Crippen molar-refractivity contribution in [1.82, 2.24) is 0 Å². The van der Waals surface area contributed by atoms with Crippen LogP contribution in [0.25, 0.3) is 5.57 Å². The molecule has 0 heterocycles. The highest BCUT2D eigenvalue weighted by molar-refractivity contribution is 5.75. The van der Waals surface area contributed by atoms with Crippen molar-refractivity contribution in [2.75, 3.05) is 5.73 Å². The SMILES string of the molecule is CCCCC(=C(F)F)c1ccccc1N. The third-order valence-electron chi connectivity index (χ3n) is 2.29. The molecule has 0 aliphatic rings. The normalized spacial score (nSPS) is 10.1. The van der Waals surface area contributed by atoms with E-state index >= 15 is 0 Å². The first-order valence-corrected chi connectivity index (χ1v) is 5.05. The van der Waals surface area contributed by atoms with Crippen LogP contribution in [0.3, 0.4) is 0 Å². The van der Waals surface area contributed by atoms with E-state index in [2.05, 4.69) is 0 Å². The Morgan fingerprint density at radius 1 is 1.27 bits per heavy atom. The van der Waals surface area contributed by atoms with E-state index in [1.807, 2.05) is 6.92 Å². The molecule has 0 fully saturated rings. The van der Waals surface area contributed by atoms with Crippen molar-refractivity contribution in [3.8, 4) is 0 Å². The third-order valence-corrected chi connectivity index (χ3v) is 2.29. The summed E-state index contributed by atoms with van der Waals surface area (Å²) in [5, 5.41) is 0. The molecule has 15 heavy (non-hydrogen) atoms. The van der Waals surface area contributed by atoms with Crippen LogP contribution in [0.2, 0.25) is 0 Å². The number of unbranched alkanes of at least 4 members (excludes halogenated alkanes) is 1. The molecule has 0 saturated heterocycles. The van der Waals surface area contributed by atoms with Gasteiger partial charge in [0.1, 0.15) is 0 Å². The topological polar surface area (TPSA) is 26.0 Å². The first kappa shape index (κ1) is 11.7. The van der Waals surface area contributed by atoms with Gasteiger partial charge in [0.15, 0.2) is 0 Å². The summed E-state index contributed by atoms with van der Waals surface area (Å²) in [5.74, 6) is 0. The van der Waals surface area contributed by atoms with Gasteiger partial charge in [-0.25, -0.2) is 0 Å². The summed E-state index contributed by atoms with van der Waals surface area (Å²) in [4.78, 5) is 0. The highest BCUT2D eigenvalue weighted by atomic mass is 19.3. The van der Waals surface area contributed by atoms with Gasteiger partial charge >= 0.3 is 0 Å². The lowest BCUT2D eigenvalue weighted by molar-refractivity contribution is 0.422. The maximum atomic E-state index is 12.7. The van der Waals surface area contributed by atoms with E-state index in [1.165, 1.54) is 0 Å². The molecule has 3 heteroatoms. The molecule has 82 valence electrons. The zero-order valence-corrected chi connectivity index (χ0v) is 8.76. The van der Waals surface area contributed by atoms with Crippen molar-refractivity contribution in [2.24, 2.45) is 0 Å². The molecule has 0 unspecified atom stereocenters. The summed E-state index contributed by atoms with van der Waals surface area (Å²) in [6.07, 6.45) is 0.402. The van der Waals surface area contributed by atoms with Gasteiger partial charge in [0, 0.05) is 16.8 Å². The molecule has 1 rings (SSSR count). The smallest absolute Gasteiger partial charge is 0.274 e. The number of hydrogen-bond acceptors (Lipinski definition) is 1. The largest absolute Gasteiger partial charge is 0.398 e. The standard InChI is InChI=1S/C12H15F2N/c1-2-3-6-10(12(13)14)9-7-4-5-8-11(9)15/h4-5,7-8H,2-3,6,15H2,1H3. The zero-order valence-electron chi connectivity index (χ0n) is 8.76. The molecule has 0 radical (unpaired) electrons. The molecular weight excluding hydrogens is 196 g/mol. The van der Waals surface area contributed by atoms with Gasteiger partial charge in [0.2, 0.25) is 0 Å². The van der Waals surface area contributed by atoms with Gasteiger partial charge in [-0.15, -0.1) is 0 Å². The van der Waals surface area contributed by atoms with Crippen molar-refractivity contribution in [3.63, 3.8) is 0 Å². The number of hydrogen-bond donors (Lipinski definition) is 1. The molecule has 0 bridgehead atoms. The Morgan fingerprint density at radius 2 is 1.93 bits per heavy atom. The maximum Gasteiger partial charge on any atom is 0.274 e. The first-order chi connectivity index (χ1) is 7.16. The van der Waals surface area contributed by atoms with Gasteiger partial charge in [0.25, 0.3) is 6.08 Å². The van der Waals surface area contributed by atoms with Gasteiger partial charge in [-0.05, 0) is 18.9 Å². The lowest BCUT2D eigenvalue weighted by Crippen LogP contribution is -1.94. The third kappa shape index (κ3) is 3.05. The van der Waals surface area contributed by atoms with Crippen molar-refractivity contribution >= 4 is 11.3 Å². The van der Waals surface area contributed by atoms with Gasteiger partial charge in [-0.2, -0.15) is 8.78 Å². The maximum absolute atomic E-state index is 12.7. The van der Waals surface area contributed by atoms with Gasteiger partial charge < -0.3 is 5.73 Å². The molecular formula is C12H15F2N. The number of nitrogen functional groups attached to an aromatic ring is 1. The molecule has 0 aromatic heterocycles. The number of anilines is 1. The van der Waals surface area contributed by atoms with Crippen LogP contribution in [0.1, 0.15) is 31.7 Å². The molecule has 0 amide bonds. The fourth-order valence-corrected chi connectivity index (χ4v) is 1.46. The van der Waals surface area contributed by atoms with Crippen LogP contribution in [0.5, 0.6) is 0 Å². The predicted molar refractivity (Wildman–Crippen MR) is 59.5 cm³/mol. The summed E-state index contributed by atoms with van der Waals surface area (Å²) in [6.45, 7) is 1.97. The minimum absolute atomic E-state index is 0.0787. The molecule has 0 spiro atoms. The fraction of sp³-hybridized carbons (Fsp3) is 0.333. The number of benzene rings is 1. The molecule has 0 saturated carbocycles. The zero-order chi connectivity index (χ0) is 11.3. The van der Waals surface area contributed by atoms with E-state index < -0.39 is 6.08 Å². The second-order valence-electron chi connectivity index (χ2n) is 3.43. The number of allylic oxidation sites excluding steroid dienone is 1. The number of halogens is 2. The van der Waals surface area contributed by atoms with E-state index in [1.54, 1.807) is 24.3 Å². The molecule has 0 aliphatic carbocycles. The molecule has 0 aliphatic heterocycles. The van der Waals surface area contributed by atoms with Crippen LogP contribution < -0.4 is 5.73 Å². The fourth-order valence-electron chi connectivity index (χ4n) is 1.46. The quantitative estimate of drug-likeness (QED) is 0.746. The van der Waals surface area contributed by atoms with Gasteiger partial charge in [-0.3, -0.25) is 0 Å². The molecule has 2 N–H and O–H groups in total. The summed E-state index contributed by atoms with van der Waals surface area (Å²) >= 11 is 0. The predicted octanol–water partition coefficient (Wildman–Crippen LogP) is 4.07. The van der Waals surface area contributed by atoms with Crippen molar-refractivity contribution in [2.45, 2.75) is 26.2 Å². The summed E-state index contributed by atoms with van der Waals surface area (Å²) in [7, 11) is 0. The lowest BCUT2D eigenvalue weighted by Gasteiger charge is -2.08. The molecule has 1 nitrogen and oxygen atoms in total. The van der Waals surface area contributed by atoms with Crippen LogP contribution in [0, 0.1) is 0 Å². The Balaban J connectivity index is 3.01. The first-order valence-electron chi connectivity index (χ1n) is 5.05. The minimum Gasteiger partial charge on any atom is -0.398 e. The van der Waals surface area contributed by atoms with Gasteiger partial charge in [-0.1, -0.05) is 31.5 Å². The monoisotopic (exact) mass is 211 g/mol. The van der Waals surface area contributed by atoms with Crippen molar-refractivity contribution in [1.29, 1.82) is 0 Å². The Kier molecular flexibility index (Phi) is 4.28. The van der Waals surface area contributed by atoms with Crippen LogP contribution in [0.4, 0.5) is 14.5 Å². The van der Waals surface area contributed by atoms with Crippen LogP contribution in [-0.2, 0) is 0 Å². The average molecular weight is 211 g/mol. The molecule has 1 aromatic rings. The van der Waals surface area contributed by atoms with Crippen molar-refractivity contribution < 1.29 is 8.78 Å². The summed E-state index contributed by atoms with van der Waals surface area (Å²) in [5.41, 5.74) is 6.62. The highest BCUT2D eigenvalue weighted by Gasteiger charge is 2.11. The van der Waals surface area contributed by atoms with Gasteiger partial charge in [0.05, 0.1) is 0 Å². The lowest BCUT2D eigenvalue weighted by atomic mass is 10.00. The second kappa shape index (κ2) is 5.49. The molecule has 1 aromatic carbocycles. The van der Waals surface area contributed by atoms with Crippen LogP contribution in [-0.4, -0.2) is 0 Å². The van der Waals surface area contributed by atoms with Crippen LogP contribution >= 0.6 is 0 Å². The van der Waals surface area contributed by atoms with Crippen molar-refractivity contribution in [3.05, 3.63) is 35.9 Å². The Labute approximate surface area is 88.6 Å². The Hall–Kier alpha value is -1.38.